The molecule has 3 heteroatoms. The summed E-state index contributed by atoms with van der Waals surface area (Å²) in [5, 5.41) is 1.81. The monoisotopic (exact) mass is 285 g/mol. The average Bonchev–Trinajstić information content (AvgIpc) is 2.48. The Morgan fingerprint density at radius 1 is 0.947 bits per heavy atom. The predicted octanol–water partition coefficient (Wildman–Crippen LogP) is 5.18. The van der Waals surface area contributed by atoms with Crippen molar-refractivity contribution in [3.8, 4) is 0 Å². The molecule has 0 radical (unpaired) electrons. The van der Waals surface area contributed by atoms with Crippen LogP contribution in [0.25, 0.3) is 10.9 Å². The SMILES string of the molecule is Clc1c(SCc2ccccc2)cnc2ccccc12. The highest BCUT2D eigenvalue weighted by Crippen LogP contribution is 2.33. The van der Waals surface area contributed by atoms with E-state index in [-0.39, 0.29) is 0 Å². The van der Waals surface area contributed by atoms with Crippen LogP contribution in [0.1, 0.15) is 5.56 Å². The molecule has 0 N–H and O–H groups in total. The number of para-hydroxylation sites is 1. The molecule has 94 valence electrons. The molecule has 0 aliphatic heterocycles. The van der Waals surface area contributed by atoms with E-state index in [4.69, 9.17) is 11.6 Å². The Morgan fingerprint density at radius 3 is 2.53 bits per heavy atom. The van der Waals surface area contributed by atoms with Gasteiger partial charge < -0.3 is 0 Å². The summed E-state index contributed by atoms with van der Waals surface area (Å²) in [5.74, 6) is 0.903. The van der Waals surface area contributed by atoms with E-state index < -0.39 is 0 Å². The van der Waals surface area contributed by atoms with Crippen LogP contribution >= 0.6 is 23.4 Å². The van der Waals surface area contributed by atoms with E-state index in [1.54, 1.807) is 11.8 Å². The van der Waals surface area contributed by atoms with Gasteiger partial charge in [-0.05, 0) is 11.6 Å². The van der Waals surface area contributed by atoms with Crippen molar-refractivity contribution in [2.75, 3.05) is 0 Å². The Labute approximate surface area is 121 Å². The second kappa shape index (κ2) is 5.64. The molecule has 0 atom stereocenters. The summed E-state index contributed by atoms with van der Waals surface area (Å²) in [6, 6.07) is 18.3. The molecule has 0 amide bonds. The van der Waals surface area contributed by atoms with E-state index in [1.807, 2.05) is 36.5 Å². The maximum atomic E-state index is 6.45. The van der Waals surface area contributed by atoms with Crippen molar-refractivity contribution in [1.29, 1.82) is 0 Å². The van der Waals surface area contributed by atoms with E-state index >= 15 is 0 Å². The minimum atomic E-state index is 0.798. The van der Waals surface area contributed by atoms with E-state index in [0.29, 0.717) is 0 Å². The molecule has 2 aromatic carbocycles. The smallest absolute Gasteiger partial charge is 0.0717 e. The van der Waals surface area contributed by atoms with Gasteiger partial charge in [0, 0.05) is 22.2 Å². The zero-order chi connectivity index (χ0) is 13.1. The van der Waals surface area contributed by atoms with Crippen molar-refractivity contribution in [3.05, 3.63) is 71.4 Å². The normalized spacial score (nSPS) is 10.8. The first-order valence-corrected chi connectivity index (χ1v) is 7.41. The fourth-order valence-electron chi connectivity index (χ4n) is 1.93. The van der Waals surface area contributed by atoms with Crippen LogP contribution in [0.3, 0.4) is 0 Å². The maximum Gasteiger partial charge on any atom is 0.0717 e. The highest BCUT2D eigenvalue weighted by molar-refractivity contribution is 7.98. The number of hydrogen-bond acceptors (Lipinski definition) is 2. The minimum absolute atomic E-state index is 0.798. The molecular formula is C16H12ClNS. The number of nitrogens with zero attached hydrogens (tertiary/aromatic N) is 1. The Bertz CT molecular complexity index is 697. The first-order valence-electron chi connectivity index (χ1n) is 6.04. The summed E-state index contributed by atoms with van der Waals surface area (Å²) in [6.45, 7) is 0. The lowest BCUT2D eigenvalue weighted by Gasteiger charge is -2.06. The standard InChI is InChI=1S/C16H12ClNS/c17-16-13-8-4-5-9-14(13)18-10-15(16)19-11-12-6-2-1-3-7-12/h1-10H,11H2. The van der Waals surface area contributed by atoms with Gasteiger partial charge in [-0.25, -0.2) is 0 Å². The van der Waals surface area contributed by atoms with Crippen molar-refractivity contribution >= 4 is 34.3 Å². The van der Waals surface area contributed by atoms with Gasteiger partial charge in [-0.2, -0.15) is 0 Å². The van der Waals surface area contributed by atoms with Crippen molar-refractivity contribution in [2.45, 2.75) is 10.6 Å². The van der Waals surface area contributed by atoms with Gasteiger partial charge in [0.1, 0.15) is 0 Å². The molecule has 0 spiro atoms. The fraction of sp³-hybridized carbons (Fsp3) is 0.0625. The molecule has 0 saturated carbocycles. The quantitative estimate of drug-likeness (QED) is 0.615. The second-order valence-corrected chi connectivity index (χ2v) is 5.62. The Kier molecular flexibility index (Phi) is 3.72. The summed E-state index contributed by atoms with van der Waals surface area (Å²) in [6.07, 6.45) is 1.86. The summed E-state index contributed by atoms with van der Waals surface area (Å²) in [5.41, 5.74) is 2.23. The number of benzene rings is 2. The second-order valence-electron chi connectivity index (χ2n) is 4.23. The van der Waals surface area contributed by atoms with Crippen LogP contribution in [0, 0.1) is 0 Å². The zero-order valence-electron chi connectivity index (χ0n) is 10.2. The first kappa shape index (κ1) is 12.5. The summed E-state index contributed by atoms with van der Waals surface area (Å²) < 4.78 is 0. The highest BCUT2D eigenvalue weighted by Gasteiger charge is 2.07. The van der Waals surface area contributed by atoms with Crippen molar-refractivity contribution < 1.29 is 0 Å². The number of fused-ring (bicyclic) bond motifs is 1. The molecule has 0 aliphatic carbocycles. The summed E-state index contributed by atoms with van der Waals surface area (Å²) >= 11 is 8.17. The lowest BCUT2D eigenvalue weighted by molar-refractivity contribution is 1.29. The Morgan fingerprint density at radius 2 is 1.68 bits per heavy atom. The number of thioether (sulfide) groups is 1. The molecule has 0 unspecified atom stereocenters. The van der Waals surface area contributed by atoms with E-state index in [0.717, 1.165) is 26.6 Å². The van der Waals surface area contributed by atoms with Crippen LogP contribution in [0.2, 0.25) is 5.02 Å². The lowest BCUT2D eigenvalue weighted by Crippen LogP contribution is -1.85. The third kappa shape index (κ3) is 2.75. The number of hydrogen-bond donors (Lipinski definition) is 0. The van der Waals surface area contributed by atoms with E-state index in [9.17, 15) is 0 Å². The van der Waals surface area contributed by atoms with Crippen molar-refractivity contribution in [1.82, 2.24) is 4.98 Å². The summed E-state index contributed by atoms with van der Waals surface area (Å²) in [7, 11) is 0. The molecule has 1 nitrogen and oxygen atoms in total. The molecule has 1 aromatic heterocycles. The molecule has 3 aromatic rings. The van der Waals surface area contributed by atoms with Gasteiger partial charge in [-0.3, -0.25) is 4.98 Å². The average molecular weight is 286 g/mol. The van der Waals surface area contributed by atoms with Crippen LogP contribution in [-0.2, 0) is 5.75 Å². The van der Waals surface area contributed by atoms with Crippen LogP contribution in [0.15, 0.2) is 65.7 Å². The van der Waals surface area contributed by atoms with Crippen LogP contribution in [0.4, 0.5) is 0 Å². The molecule has 0 fully saturated rings. The molecule has 0 saturated heterocycles. The van der Waals surface area contributed by atoms with Crippen LogP contribution < -0.4 is 0 Å². The lowest BCUT2D eigenvalue weighted by atomic mass is 10.2. The molecule has 3 rings (SSSR count). The third-order valence-corrected chi connectivity index (χ3v) is 4.53. The predicted molar refractivity (Wildman–Crippen MR) is 82.8 cm³/mol. The Balaban J connectivity index is 1.87. The van der Waals surface area contributed by atoms with Gasteiger partial charge in [0.2, 0.25) is 0 Å². The molecule has 1 heterocycles. The molecule has 0 aliphatic rings. The topological polar surface area (TPSA) is 12.9 Å². The van der Waals surface area contributed by atoms with Crippen molar-refractivity contribution in [2.24, 2.45) is 0 Å². The highest BCUT2D eigenvalue weighted by atomic mass is 35.5. The van der Waals surface area contributed by atoms with Crippen LogP contribution in [0.5, 0.6) is 0 Å². The van der Waals surface area contributed by atoms with E-state index in [1.165, 1.54) is 5.56 Å². The van der Waals surface area contributed by atoms with Gasteiger partial charge in [0.05, 0.1) is 10.5 Å². The first-order chi connectivity index (χ1) is 9.34. The van der Waals surface area contributed by atoms with Gasteiger partial charge in [0.25, 0.3) is 0 Å². The van der Waals surface area contributed by atoms with Crippen molar-refractivity contribution in [3.63, 3.8) is 0 Å². The van der Waals surface area contributed by atoms with Crippen LogP contribution in [-0.4, -0.2) is 4.98 Å². The number of rotatable bonds is 3. The van der Waals surface area contributed by atoms with Gasteiger partial charge in [-0.1, -0.05) is 60.1 Å². The molecule has 0 bridgehead atoms. The number of aromatic nitrogens is 1. The maximum absolute atomic E-state index is 6.45. The summed E-state index contributed by atoms with van der Waals surface area (Å²) in [4.78, 5) is 5.48. The van der Waals surface area contributed by atoms with Gasteiger partial charge in [-0.15, -0.1) is 11.8 Å². The zero-order valence-corrected chi connectivity index (χ0v) is 11.8. The van der Waals surface area contributed by atoms with Gasteiger partial charge >= 0.3 is 0 Å². The molecule has 19 heavy (non-hydrogen) atoms. The Hall–Kier alpha value is -1.51. The van der Waals surface area contributed by atoms with Gasteiger partial charge in [0.15, 0.2) is 0 Å². The minimum Gasteiger partial charge on any atom is -0.255 e. The fourth-order valence-corrected chi connectivity index (χ4v) is 3.18. The third-order valence-electron chi connectivity index (χ3n) is 2.91. The number of pyridine rings is 1. The number of halogens is 1. The largest absolute Gasteiger partial charge is 0.255 e. The van der Waals surface area contributed by atoms with E-state index in [2.05, 4.69) is 29.2 Å². The molecular weight excluding hydrogens is 274 g/mol.